The molecule has 0 N–H and O–H groups in total. The van der Waals surface area contributed by atoms with Crippen LogP contribution >= 0.6 is 0 Å². The predicted molar refractivity (Wildman–Crippen MR) is 158 cm³/mol. The minimum absolute atomic E-state index is 1.09. The molecule has 0 unspecified atom stereocenters. The van der Waals surface area contributed by atoms with Crippen molar-refractivity contribution in [1.29, 1.82) is 0 Å². The highest BCUT2D eigenvalue weighted by atomic mass is 28.3. The van der Waals surface area contributed by atoms with Crippen LogP contribution in [-0.4, -0.2) is 8.07 Å². The Balaban J connectivity index is 4.77. The molecule has 1 heteroatoms. The van der Waals surface area contributed by atoms with Gasteiger partial charge in [-0.3, -0.25) is 0 Å². The maximum absolute atomic E-state index is 2.37. The number of hydrogen-bond acceptors (Lipinski definition) is 0. The summed E-state index contributed by atoms with van der Waals surface area (Å²) in [6, 6.07) is 6.65. The Bertz CT molecular complexity index is 345. The second kappa shape index (κ2) is 26.6. The summed E-state index contributed by atoms with van der Waals surface area (Å²) in [5.41, 5.74) is 0. The van der Waals surface area contributed by atoms with Crippen molar-refractivity contribution in [2.24, 2.45) is 0 Å². The molecule has 0 saturated heterocycles. The van der Waals surface area contributed by atoms with Gasteiger partial charge in [-0.2, -0.15) is 0 Å². The lowest BCUT2D eigenvalue weighted by molar-refractivity contribution is 0.602. The van der Waals surface area contributed by atoms with Crippen LogP contribution < -0.4 is 0 Å². The number of hydrogen-bond donors (Lipinski definition) is 0. The van der Waals surface area contributed by atoms with E-state index in [-0.39, 0.29) is 0 Å². The standard InChI is InChI=1S/C32H66Si/c1-5-9-13-17-21-25-29-33(30-26-22-18-14-10-6-2,31-27-23-19-15-11-7-3)32-28-24-20-16-12-8-4/h5,9H,6-8,10-32H2,1-4H3. The largest absolute Gasteiger partial charge is 0.0917 e. The molecule has 0 fully saturated rings. The molecule has 0 amide bonds. The Morgan fingerprint density at radius 2 is 0.697 bits per heavy atom. The van der Waals surface area contributed by atoms with Crippen molar-refractivity contribution in [3.63, 3.8) is 0 Å². The highest BCUT2D eigenvalue weighted by molar-refractivity contribution is 6.79. The van der Waals surface area contributed by atoms with Crippen molar-refractivity contribution < 1.29 is 0 Å². The first-order valence-electron chi connectivity index (χ1n) is 15.9. The monoisotopic (exact) mass is 478 g/mol. The van der Waals surface area contributed by atoms with Crippen molar-refractivity contribution >= 4 is 8.07 Å². The zero-order valence-corrected chi connectivity index (χ0v) is 25.0. The number of allylic oxidation sites excluding steroid dienone is 2. The van der Waals surface area contributed by atoms with Crippen molar-refractivity contribution in [2.45, 2.75) is 193 Å². The van der Waals surface area contributed by atoms with Gasteiger partial charge >= 0.3 is 0 Å². The second-order valence-corrected chi connectivity index (χ2v) is 16.2. The lowest BCUT2D eigenvalue weighted by atomic mass is 10.1. The minimum atomic E-state index is -1.09. The Hall–Kier alpha value is -0.0431. The summed E-state index contributed by atoms with van der Waals surface area (Å²) in [5, 5.41) is 0. The van der Waals surface area contributed by atoms with Crippen LogP contribution in [0.5, 0.6) is 0 Å². The average molecular weight is 479 g/mol. The maximum Gasteiger partial charge on any atom is 0.0535 e. The quantitative estimate of drug-likeness (QED) is 0.0625. The molecule has 0 aliphatic heterocycles. The smallest absolute Gasteiger partial charge is 0.0535 e. The van der Waals surface area contributed by atoms with Crippen molar-refractivity contribution in [2.75, 3.05) is 0 Å². The number of unbranched alkanes of at least 4 members (excludes halogenated alkanes) is 18. The number of rotatable bonds is 27. The average Bonchev–Trinajstić information content (AvgIpc) is 2.83. The van der Waals surface area contributed by atoms with E-state index in [1.54, 1.807) is 43.4 Å². The summed E-state index contributed by atoms with van der Waals surface area (Å²) in [6.45, 7) is 9.19. The van der Waals surface area contributed by atoms with Crippen LogP contribution in [0.4, 0.5) is 0 Å². The van der Waals surface area contributed by atoms with E-state index < -0.39 is 8.07 Å². The SMILES string of the molecule is CC=CCCCCC[Si](CCCCCCCC)(CCCCCCCC)CCCCCCCC. The third-order valence-corrected chi connectivity index (χ3v) is 13.7. The summed E-state index contributed by atoms with van der Waals surface area (Å²) >= 11 is 0. The summed E-state index contributed by atoms with van der Waals surface area (Å²) in [7, 11) is -1.09. The van der Waals surface area contributed by atoms with Gasteiger partial charge in [0.05, 0.1) is 8.07 Å². The fourth-order valence-electron chi connectivity index (χ4n) is 5.70. The molecule has 33 heavy (non-hydrogen) atoms. The van der Waals surface area contributed by atoms with Gasteiger partial charge < -0.3 is 0 Å². The first kappa shape index (κ1) is 33.0. The molecular weight excluding hydrogens is 412 g/mol. The van der Waals surface area contributed by atoms with E-state index in [0.717, 1.165) is 0 Å². The van der Waals surface area contributed by atoms with E-state index in [1.807, 2.05) is 0 Å². The third-order valence-electron chi connectivity index (χ3n) is 8.00. The molecule has 0 aliphatic rings. The van der Waals surface area contributed by atoms with Gasteiger partial charge in [-0.1, -0.05) is 186 Å². The van der Waals surface area contributed by atoms with Gasteiger partial charge in [0.2, 0.25) is 0 Å². The molecule has 0 aromatic heterocycles. The molecule has 0 radical (unpaired) electrons. The minimum Gasteiger partial charge on any atom is -0.0917 e. The molecule has 0 aliphatic carbocycles. The zero-order chi connectivity index (χ0) is 24.3. The van der Waals surface area contributed by atoms with Crippen LogP contribution in [0, 0.1) is 0 Å². The van der Waals surface area contributed by atoms with E-state index in [2.05, 4.69) is 39.8 Å². The van der Waals surface area contributed by atoms with E-state index in [9.17, 15) is 0 Å². The summed E-state index contributed by atoms with van der Waals surface area (Å²) < 4.78 is 0. The van der Waals surface area contributed by atoms with Crippen LogP contribution in [0.3, 0.4) is 0 Å². The van der Waals surface area contributed by atoms with Crippen LogP contribution in [0.15, 0.2) is 12.2 Å². The van der Waals surface area contributed by atoms with Crippen LogP contribution in [0.2, 0.25) is 24.2 Å². The zero-order valence-electron chi connectivity index (χ0n) is 24.0. The van der Waals surface area contributed by atoms with Crippen molar-refractivity contribution in [3.05, 3.63) is 12.2 Å². The van der Waals surface area contributed by atoms with Gasteiger partial charge in [-0.25, -0.2) is 0 Å². The molecule has 0 rings (SSSR count). The van der Waals surface area contributed by atoms with E-state index >= 15 is 0 Å². The summed E-state index contributed by atoms with van der Waals surface area (Å²) in [5.74, 6) is 0. The van der Waals surface area contributed by atoms with E-state index in [0.29, 0.717) is 0 Å². The van der Waals surface area contributed by atoms with E-state index in [1.165, 1.54) is 122 Å². The maximum atomic E-state index is 2.37. The van der Waals surface area contributed by atoms with Gasteiger partial charge in [0.1, 0.15) is 0 Å². The Kier molecular flexibility index (Phi) is 26.5. The van der Waals surface area contributed by atoms with Crippen LogP contribution in [-0.2, 0) is 0 Å². The highest BCUT2D eigenvalue weighted by Crippen LogP contribution is 2.35. The van der Waals surface area contributed by atoms with Crippen LogP contribution in [0.1, 0.15) is 169 Å². The Morgan fingerprint density at radius 1 is 0.394 bits per heavy atom. The molecule has 198 valence electrons. The van der Waals surface area contributed by atoms with Gasteiger partial charge in [0, 0.05) is 0 Å². The normalized spacial score (nSPS) is 12.2. The lowest BCUT2D eigenvalue weighted by Crippen LogP contribution is -2.34. The molecule has 0 saturated carbocycles. The van der Waals surface area contributed by atoms with Crippen molar-refractivity contribution in [3.8, 4) is 0 Å². The summed E-state index contributed by atoms with van der Waals surface area (Å²) in [6.07, 6.45) is 36.9. The molecule has 0 spiro atoms. The first-order chi connectivity index (χ1) is 16.2. The second-order valence-electron chi connectivity index (χ2n) is 11.2. The fourth-order valence-corrected chi connectivity index (χ4v) is 11.2. The third kappa shape index (κ3) is 22.2. The van der Waals surface area contributed by atoms with Crippen molar-refractivity contribution in [1.82, 2.24) is 0 Å². The molecule has 0 aromatic carbocycles. The highest BCUT2D eigenvalue weighted by Gasteiger charge is 2.30. The molecule has 0 nitrogen and oxygen atoms in total. The predicted octanol–water partition coefficient (Wildman–Crippen LogP) is 12.7. The lowest BCUT2D eigenvalue weighted by Gasteiger charge is -2.33. The van der Waals surface area contributed by atoms with Gasteiger partial charge in [-0.05, 0) is 19.8 Å². The van der Waals surface area contributed by atoms with Gasteiger partial charge in [0.15, 0.2) is 0 Å². The van der Waals surface area contributed by atoms with Gasteiger partial charge in [-0.15, -0.1) is 0 Å². The molecule has 0 atom stereocenters. The molecular formula is C32H66Si. The topological polar surface area (TPSA) is 0 Å². The Labute approximate surface area is 213 Å². The first-order valence-corrected chi connectivity index (χ1v) is 18.7. The Morgan fingerprint density at radius 3 is 1.03 bits per heavy atom. The van der Waals surface area contributed by atoms with Crippen LogP contribution in [0.25, 0.3) is 0 Å². The van der Waals surface area contributed by atoms with E-state index in [4.69, 9.17) is 0 Å². The summed E-state index contributed by atoms with van der Waals surface area (Å²) in [4.78, 5) is 0. The fraction of sp³-hybridized carbons (Fsp3) is 0.938. The molecule has 0 bridgehead atoms. The van der Waals surface area contributed by atoms with Gasteiger partial charge in [0.25, 0.3) is 0 Å². The molecule has 0 aromatic rings. The molecule has 0 heterocycles.